The van der Waals surface area contributed by atoms with Crippen LogP contribution in [0.2, 0.25) is 0 Å². The maximum atomic E-state index is 11.3. The van der Waals surface area contributed by atoms with E-state index in [-0.39, 0.29) is 18.4 Å². The van der Waals surface area contributed by atoms with Crippen LogP contribution in [-0.2, 0) is 19.6 Å². The summed E-state index contributed by atoms with van der Waals surface area (Å²) in [4.78, 5) is 11.1. The molecule has 0 N–H and O–H groups in total. The van der Waals surface area contributed by atoms with E-state index in [2.05, 4.69) is 4.74 Å². The second-order valence-electron chi connectivity index (χ2n) is 3.09. The number of nitrogens with zero attached hydrogens (tertiary/aromatic N) is 1. The molecule has 0 radical (unpaired) electrons. The van der Waals surface area contributed by atoms with E-state index in [0.29, 0.717) is 13.0 Å². The summed E-state index contributed by atoms with van der Waals surface area (Å²) in [7, 11) is -2.09. The second kappa shape index (κ2) is 4.46. The van der Waals surface area contributed by atoms with Crippen molar-refractivity contribution >= 4 is 27.6 Å². The monoisotopic (exact) mass is 241 g/mol. The summed E-state index contributed by atoms with van der Waals surface area (Å²) in [5, 5.41) is -0.444. The van der Waals surface area contributed by atoms with Crippen LogP contribution in [0.1, 0.15) is 6.42 Å². The molecule has 5 nitrogen and oxygen atoms in total. The van der Waals surface area contributed by atoms with Gasteiger partial charge in [-0.3, -0.25) is 4.79 Å². The van der Waals surface area contributed by atoms with Crippen molar-refractivity contribution in [2.24, 2.45) is 5.92 Å². The van der Waals surface area contributed by atoms with Crippen LogP contribution in [0, 0.1) is 5.92 Å². The molecule has 1 aliphatic heterocycles. The van der Waals surface area contributed by atoms with Gasteiger partial charge < -0.3 is 4.74 Å². The lowest BCUT2D eigenvalue weighted by atomic mass is 10.1. The summed E-state index contributed by atoms with van der Waals surface area (Å²) in [6.45, 7) is 0.524. The Hall–Kier alpha value is -0.330. The van der Waals surface area contributed by atoms with E-state index >= 15 is 0 Å². The van der Waals surface area contributed by atoms with Crippen molar-refractivity contribution in [3.8, 4) is 0 Å². The van der Waals surface area contributed by atoms with Crippen LogP contribution in [0.5, 0.6) is 0 Å². The third kappa shape index (κ3) is 2.37. The lowest BCUT2D eigenvalue weighted by molar-refractivity contribution is -0.144. The number of carbonyl (C=O) groups excluding carboxylic acids is 1. The first kappa shape index (κ1) is 11.7. The molecule has 1 saturated heterocycles. The summed E-state index contributed by atoms with van der Waals surface area (Å²) in [5.74, 6) is -0.713. The number of hydrogen-bond acceptors (Lipinski definition) is 4. The van der Waals surface area contributed by atoms with Crippen molar-refractivity contribution in [3.05, 3.63) is 0 Å². The Morgan fingerprint density at radius 2 is 2.29 bits per heavy atom. The van der Waals surface area contributed by atoms with Crippen molar-refractivity contribution in [1.82, 2.24) is 4.31 Å². The number of ether oxygens (including phenoxy) is 1. The Bertz CT molecular complexity index is 316. The lowest BCUT2D eigenvalue weighted by Crippen LogP contribution is -2.30. The van der Waals surface area contributed by atoms with Crippen LogP contribution in [0.4, 0.5) is 0 Å². The fourth-order valence-electron chi connectivity index (χ4n) is 1.41. The van der Waals surface area contributed by atoms with Gasteiger partial charge in [0.2, 0.25) is 10.0 Å². The third-order valence-electron chi connectivity index (χ3n) is 2.22. The fraction of sp³-hybridized carbons (Fsp3) is 0.857. The Morgan fingerprint density at radius 3 is 2.79 bits per heavy atom. The molecule has 1 rings (SSSR count). The van der Waals surface area contributed by atoms with Crippen molar-refractivity contribution in [2.45, 2.75) is 6.42 Å². The Balaban J connectivity index is 2.62. The number of sulfonamides is 1. The van der Waals surface area contributed by atoms with Gasteiger partial charge in [0, 0.05) is 13.1 Å². The normalized spacial score (nSPS) is 23.7. The van der Waals surface area contributed by atoms with Gasteiger partial charge in [-0.05, 0) is 6.42 Å². The molecule has 82 valence electrons. The molecule has 1 unspecified atom stereocenters. The number of rotatable bonds is 3. The third-order valence-corrected chi connectivity index (χ3v) is 4.44. The first-order valence-corrected chi connectivity index (χ1v) is 6.27. The lowest BCUT2D eigenvalue weighted by Gasteiger charge is -2.13. The minimum absolute atomic E-state index is 0.182. The van der Waals surface area contributed by atoms with Gasteiger partial charge >= 0.3 is 5.97 Å². The van der Waals surface area contributed by atoms with Crippen LogP contribution in [0.15, 0.2) is 0 Å². The van der Waals surface area contributed by atoms with E-state index in [1.54, 1.807) is 0 Å². The zero-order valence-electron chi connectivity index (χ0n) is 7.77. The highest BCUT2D eigenvalue weighted by Crippen LogP contribution is 2.20. The van der Waals surface area contributed by atoms with Crippen molar-refractivity contribution in [3.63, 3.8) is 0 Å². The van der Waals surface area contributed by atoms with Crippen molar-refractivity contribution in [2.75, 3.05) is 25.4 Å². The number of esters is 1. The smallest absolute Gasteiger partial charge is 0.310 e. The fourth-order valence-corrected chi connectivity index (χ4v) is 2.75. The summed E-state index contributed by atoms with van der Waals surface area (Å²) in [6, 6.07) is 0. The predicted molar refractivity (Wildman–Crippen MR) is 51.3 cm³/mol. The zero-order valence-corrected chi connectivity index (χ0v) is 9.34. The van der Waals surface area contributed by atoms with Crippen LogP contribution >= 0.6 is 11.6 Å². The molecule has 0 aromatic rings. The zero-order chi connectivity index (χ0) is 10.8. The average molecular weight is 242 g/mol. The quantitative estimate of drug-likeness (QED) is 0.516. The molecule has 0 amide bonds. The number of carbonyl (C=O) groups is 1. The standard InChI is InChI=1S/C7H12ClNO4S/c1-13-7(10)6-2-3-9(4-6)14(11,12)5-8/h6H,2-5H2,1H3. The van der Waals surface area contributed by atoms with Crippen LogP contribution in [0.3, 0.4) is 0 Å². The molecule has 0 bridgehead atoms. The number of alkyl halides is 1. The SMILES string of the molecule is COC(=O)C1CCN(S(=O)(=O)CCl)C1. The summed E-state index contributed by atoms with van der Waals surface area (Å²) in [5.41, 5.74) is 0. The Morgan fingerprint density at radius 1 is 1.64 bits per heavy atom. The largest absolute Gasteiger partial charge is 0.469 e. The molecular formula is C7H12ClNO4S. The van der Waals surface area contributed by atoms with Gasteiger partial charge in [-0.1, -0.05) is 0 Å². The molecular weight excluding hydrogens is 230 g/mol. The summed E-state index contributed by atoms with van der Waals surface area (Å²) >= 11 is 5.29. The summed E-state index contributed by atoms with van der Waals surface area (Å²) in [6.07, 6.45) is 0.503. The highest BCUT2D eigenvalue weighted by molar-refractivity contribution is 7.90. The molecule has 0 aromatic carbocycles. The van der Waals surface area contributed by atoms with Crippen molar-refractivity contribution in [1.29, 1.82) is 0 Å². The Labute approximate surface area is 88.0 Å². The molecule has 0 saturated carbocycles. The average Bonchev–Trinajstić information content (AvgIpc) is 2.66. The summed E-state index contributed by atoms with van der Waals surface area (Å²) < 4.78 is 28.4. The van der Waals surface area contributed by atoms with Gasteiger partial charge in [0.15, 0.2) is 0 Å². The maximum Gasteiger partial charge on any atom is 0.310 e. The van der Waals surface area contributed by atoms with E-state index in [1.807, 2.05) is 0 Å². The highest BCUT2D eigenvalue weighted by Gasteiger charge is 2.34. The van der Waals surface area contributed by atoms with Crippen molar-refractivity contribution < 1.29 is 17.9 Å². The minimum Gasteiger partial charge on any atom is -0.469 e. The maximum absolute atomic E-state index is 11.3. The van der Waals surface area contributed by atoms with Crippen LogP contribution < -0.4 is 0 Å². The van der Waals surface area contributed by atoms with Crippen LogP contribution in [0.25, 0.3) is 0 Å². The van der Waals surface area contributed by atoms with Gasteiger partial charge in [0.25, 0.3) is 0 Å². The van der Waals surface area contributed by atoms with E-state index in [4.69, 9.17) is 11.6 Å². The van der Waals surface area contributed by atoms with Gasteiger partial charge in [-0.25, -0.2) is 8.42 Å². The van der Waals surface area contributed by atoms with E-state index in [0.717, 1.165) is 0 Å². The first-order valence-electron chi connectivity index (χ1n) is 4.13. The molecule has 1 atom stereocenters. The predicted octanol–water partition coefficient (Wildman–Crippen LogP) is 0.00740. The van der Waals surface area contributed by atoms with E-state index in [9.17, 15) is 13.2 Å². The van der Waals surface area contributed by atoms with Gasteiger partial charge in [-0.2, -0.15) is 4.31 Å². The molecule has 1 heterocycles. The first-order chi connectivity index (χ1) is 6.51. The topological polar surface area (TPSA) is 63.7 Å². The van der Waals surface area contributed by atoms with E-state index < -0.39 is 15.2 Å². The number of methoxy groups -OCH3 is 1. The van der Waals surface area contributed by atoms with Gasteiger partial charge in [0.05, 0.1) is 13.0 Å². The molecule has 14 heavy (non-hydrogen) atoms. The molecule has 7 heteroatoms. The minimum atomic E-state index is -3.38. The van der Waals surface area contributed by atoms with Gasteiger partial charge in [0.1, 0.15) is 5.21 Å². The molecule has 0 spiro atoms. The molecule has 1 aliphatic rings. The highest BCUT2D eigenvalue weighted by atomic mass is 35.5. The van der Waals surface area contributed by atoms with Gasteiger partial charge in [-0.15, -0.1) is 11.6 Å². The number of halogens is 1. The molecule has 0 aliphatic carbocycles. The Kier molecular flexibility index (Phi) is 3.74. The second-order valence-corrected chi connectivity index (χ2v) is 5.64. The molecule has 0 aromatic heterocycles. The van der Waals surface area contributed by atoms with E-state index in [1.165, 1.54) is 11.4 Å². The van der Waals surface area contributed by atoms with Crippen LogP contribution in [-0.4, -0.2) is 44.1 Å². The molecule has 1 fully saturated rings. The number of hydrogen-bond donors (Lipinski definition) is 0.